The van der Waals surface area contributed by atoms with Crippen molar-refractivity contribution >= 4 is 27.5 Å². The SMILES string of the molecule is CC[C@H](C)NC(=O)[C@H](C)N(Cc1ccccc1C)C(=O)CN(c1cc(C)cc(C)c1)S(C)(=O)=O. The number of hydrogen-bond donors (Lipinski definition) is 1. The average Bonchev–Trinajstić information content (AvgIpc) is 2.74. The molecule has 0 aromatic heterocycles. The van der Waals surface area contributed by atoms with Crippen molar-refractivity contribution in [2.24, 2.45) is 0 Å². The first-order valence-corrected chi connectivity index (χ1v) is 13.4. The van der Waals surface area contributed by atoms with E-state index in [0.29, 0.717) is 5.69 Å². The summed E-state index contributed by atoms with van der Waals surface area (Å²) in [6, 6.07) is 12.3. The second-order valence-electron chi connectivity index (χ2n) is 9.06. The molecule has 0 heterocycles. The zero-order valence-electron chi connectivity index (χ0n) is 21.3. The predicted octanol–water partition coefficient (Wildman–Crippen LogP) is 3.71. The summed E-state index contributed by atoms with van der Waals surface area (Å²) in [5.74, 6) is -0.715. The fourth-order valence-corrected chi connectivity index (χ4v) is 4.56. The Hall–Kier alpha value is -2.87. The molecular formula is C26H37N3O4S. The van der Waals surface area contributed by atoms with Crippen LogP contribution in [0.4, 0.5) is 5.69 Å². The maximum absolute atomic E-state index is 13.6. The van der Waals surface area contributed by atoms with Crippen LogP contribution in [0.1, 0.15) is 49.4 Å². The molecule has 2 atom stereocenters. The smallest absolute Gasteiger partial charge is 0.244 e. The van der Waals surface area contributed by atoms with Crippen molar-refractivity contribution in [3.05, 3.63) is 64.7 Å². The van der Waals surface area contributed by atoms with Crippen molar-refractivity contribution in [1.29, 1.82) is 0 Å². The molecule has 2 rings (SSSR count). The lowest BCUT2D eigenvalue weighted by atomic mass is 10.1. The van der Waals surface area contributed by atoms with E-state index in [4.69, 9.17) is 0 Å². The van der Waals surface area contributed by atoms with Crippen molar-refractivity contribution in [2.45, 2.75) is 66.6 Å². The van der Waals surface area contributed by atoms with Gasteiger partial charge >= 0.3 is 0 Å². The number of aryl methyl sites for hydroxylation is 3. The third kappa shape index (κ3) is 7.32. The predicted molar refractivity (Wildman–Crippen MR) is 137 cm³/mol. The monoisotopic (exact) mass is 487 g/mol. The summed E-state index contributed by atoms with van der Waals surface area (Å²) < 4.78 is 26.5. The number of sulfonamides is 1. The van der Waals surface area contributed by atoms with E-state index in [2.05, 4.69) is 5.32 Å². The van der Waals surface area contributed by atoms with Gasteiger partial charge in [0.2, 0.25) is 21.8 Å². The zero-order valence-corrected chi connectivity index (χ0v) is 22.1. The molecule has 2 aromatic carbocycles. The number of nitrogens with zero attached hydrogens (tertiary/aromatic N) is 2. The molecule has 0 unspecified atom stereocenters. The number of carbonyl (C=O) groups is 2. The molecule has 0 bridgehead atoms. The summed E-state index contributed by atoms with van der Waals surface area (Å²) in [6.07, 6.45) is 1.85. The summed E-state index contributed by atoms with van der Waals surface area (Å²) in [5.41, 5.74) is 4.12. The Balaban J connectivity index is 2.43. The minimum Gasteiger partial charge on any atom is -0.352 e. The molecule has 2 aromatic rings. The Morgan fingerprint density at radius 3 is 2.12 bits per heavy atom. The van der Waals surface area contributed by atoms with E-state index < -0.39 is 28.5 Å². The molecule has 2 amide bonds. The highest BCUT2D eigenvalue weighted by Crippen LogP contribution is 2.22. The lowest BCUT2D eigenvalue weighted by molar-refractivity contribution is -0.139. The number of hydrogen-bond acceptors (Lipinski definition) is 4. The number of carbonyl (C=O) groups excluding carboxylic acids is 2. The number of benzene rings is 2. The van der Waals surface area contributed by atoms with Crippen molar-refractivity contribution in [1.82, 2.24) is 10.2 Å². The van der Waals surface area contributed by atoms with E-state index in [0.717, 1.165) is 39.2 Å². The first-order chi connectivity index (χ1) is 15.8. The molecule has 0 fully saturated rings. The molecule has 0 spiro atoms. The summed E-state index contributed by atoms with van der Waals surface area (Å²) in [6.45, 7) is 11.1. The van der Waals surface area contributed by atoms with Gasteiger partial charge in [-0.15, -0.1) is 0 Å². The fraction of sp³-hybridized carbons (Fsp3) is 0.462. The number of rotatable bonds is 10. The van der Waals surface area contributed by atoms with Crippen molar-refractivity contribution in [2.75, 3.05) is 17.1 Å². The molecule has 0 radical (unpaired) electrons. The van der Waals surface area contributed by atoms with Gasteiger partial charge in [-0.1, -0.05) is 37.3 Å². The van der Waals surface area contributed by atoms with Gasteiger partial charge in [0.15, 0.2) is 0 Å². The first-order valence-electron chi connectivity index (χ1n) is 11.5. The maximum Gasteiger partial charge on any atom is 0.244 e. The topological polar surface area (TPSA) is 86.8 Å². The summed E-state index contributed by atoms with van der Waals surface area (Å²) >= 11 is 0. The average molecular weight is 488 g/mol. The minimum absolute atomic E-state index is 0.0341. The normalized spacial score (nSPS) is 13.1. The van der Waals surface area contributed by atoms with Gasteiger partial charge in [0.1, 0.15) is 12.6 Å². The molecule has 186 valence electrons. The van der Waals surface area contributed by atoms with Gasteiger partial charge in [0.25, 0.3) is 0 Å². The van der Waals surface area contributed by atoms with E-state index in [1.165, 1.54) is 4.90 Å². The van der Waals surface area contributed by atoms with Gasteiger partial charge in [0.05, 0.1) is 11.9 Å². The van der Waals surface area contributed by atoms with E-state index >= 15 is 0 Å². The Morgan fingerprint density at radius 1 is 1.00 bits per heavy atom. The molecule has 1 N–H and O–H groups in total. The van der Waals surface area contributed by atoms with Crippen molar-refractivity contribution in [3.63, 3.8) is 0 Å². The van der Waals surface area contributed by atoms with Gasteiger partial charge in [0, 0.05) is 12.6 Å². The highest BCUT2D eigenvalue weighted by molar-refractivity contribution is 7.92. The van der Waals surface area contributed by atoms with Gasteiger partial charge in [-0.2, -0.15) is 0 Å². The van der Waals surface area contributed by atoms with Crippen molar-refractivity contribution < 1.29 is 18.0 Å². The van der Waals surface area contributed by atoms with Crippen LogP contribution in [0.2, 0.25) is 0 Å². The third-order valence-electron chi connectivity index (χ3n) is 5.94. The van der Waals surface area contributed by atoms with Gasteiger partial charge in [-0.25, -0.2) is 8.42 Å². The zero-order chi connectivity index (χ0) is 25.6. The minimum atomic E-state index is -3.74. The van der Waals surface area contributed by atoms with Crippen LogP contribution in [0.15, 0.2) is 42.5 Å². The molecule has 8 heteroatoms. The van der Waals surface area contributed by atoms with Crippen LogP contribution in [0.3, 0.4) is 0 Å². The number of amides is 2. The fourth-order valence-electron chi connectivity index (χ4n) is 3.73. The Bertz CT molecular complexity index is 1110. The molecule has 34 heavy (non-hydrogen) atoms. The van der Waals surface area contributed by atoms with E-state index in [9.17, 15) is 18.0 Å². The second kappa shape index (κ2) is 11.5. The standard InChI is InChI=1S/C26H37N3O4S/c1-8-21(5)27-26(31)22(6)28(16-23-12-10-9-11-20(23)4)25(30)17-29(34(7,32)33)24-14-18(2)13-19(3)15-24/h9-15,21-22H,8,16-17H2,1-7H3,(H,27,31)/t21-,22-/m0/s1. The lowest BCUT2D eigenvalue weighted by Crippen LogP contribution is -2.52. The first kappa shape index (κ1) is 27.4. The highest BCUT2D eigenvalue weighted by Gasteiger charge is 2.30. The molecule has 0 aliphatic carbocycles. The van der Waals surface area contributed by atoms with Crippen molar-refractivity contribution in [3.8, 4) is 0 Å². The largest absolute Gasteiger partial charge is 0.352 e. The van der Waals surface area contributed by atoms with Crippen LogP contribution in [0, 0.1) is 20.8 Å². The summed E-state index contributed by atoms with van der Waals surface area (Å²) in [4.78, 5) is 28.0. The van der Waals surface area contributed by atoms with Gasteiger partial charge < -0.3 is 10.2 Å². The summed E-state index contributed by atoms with van der Waals surface area (Å²) in [7, 11) is -3.74. The molecular weight excluding hydrogens is 450 g/mol. The quantitative estimate of drug-likeness (QED) is 0.554. The van der Waals surface area contributed by atoms with Gasteiger partial charge in [-0.05, 0) is 75.4 Å². The molecule has 0 saturated carbocycles. The number of nitrogens with one attached hydrogen (secondary N) is 1. The van der Waals surface area contributed by atoms with Crippen LogP contribution in [0.25, 0.3) is 0 Å². The molecule has 0 saturated heterocycles. The van der Waals surface area contributed by atoms with E-state index in [1.54, 1.807) is 19.1 Å². The molecule has 7 nitrogen and oxygen atoms in total. The second-order valence-corrected chi connectivity index (χ2v) is 11.0. The number of anilines is 1. The molecule has 0 aliphatic heterocycles. The van der Waals surface area contributed by atoms with Crippen LogP contribution in [-0.4, -0.2) is 50.0 Å². The maximum atomic E-state index is 13.6. The third-order valence-corrected chi connectivity index (χ3v) is 7.08. The van der Waals surface area contributed by atoms with E-state index in [-0.39, 0.29) is 18.5 Å². The highest BCUT2D eigenvalue weighted by atomic mass is 32.2. The van der Waals surface area contributed by atoms with Crippen LogP contribution in [-0.2, 0) is 26.2 Å². The van der Waals surface area contributed by atoms with Crippen LogP contribution >= 0.6 is 0 Å². The lowest BCUT2D eigenvalue weighted by Gasteiger charge is -2.32. The van der Waals surface area contributed by atoms with Crippen LogP contribution < -0.4 is 9.62 Å². The van der Waals surface area contributed by atoms with Crippen LogP contribution in [0.5, 0.6) is 0 Å². The van der Waals surface area contributed by atoms with Gasteiger partial charge in [-0.3, -0.25) is 13.9 Å². The summed E-state index contributed by atoms with van der Waals surface area (Å²) in [5, 5.41) is 2.93. The molecule has 0 aliphatic rings. The Labute approximate surface area is 204 Å². The Kier molecular flexibility index (Phi) is 9.27. The Morgan fingerprint density at radius 2 is 1.59 bits per heavy atom. The van der Waals surface area contributed by atoms with E-state index in [1.807, 2.05) is 65.0 Å².